The molecule has 0 aliphatic carbocycles. The fourth-order valence-corrected chi connectivity index (χ4v) is 8.25. The lowest BCUT2D eigenvalue weighted by molar-refractivity contribution is 0.619. The van der Waals surface area contributed by atoms with Crippen molar-refractivity contribution in [1.29, 1.82) is 0 Å². The molecule has 0 atom stereocenters. The molecule has 11 rings (SSSR count). The minimum atomic E-state index is 0.596. The Balaban J connectivity index is 0.972. The molecule has 0 aliphatic rings. The second-order valence-electron chi connectivity index (χ2n) is 13.2. The van der Waals surface area contributed by atoms with E-state index in [-0.39, 0.29) is 0 Å². The Kier molecular flexibility index (Phi) is 6.90. The van der Waals surface area contributed by atoms with Crippen molar-refractivity contribution in [3.63, 3.8) is 0 Å². The molecule has 11 aromatic rings. The summed E-state index contributed by atoms with van der Waals surface area (Å²) in [5.74, 6) is 1.19. The number of rotatable bonds is 6. The van der Waals surface area contributed by atoms with Crippen LogP contribution >= 0.6 is 11.3 Å². The standard InChI is InChI=1S/C46H27N5O2S/c1-3-7-41-39(5-1)49-44(52-41)28-11-17-34(18-12-28)51(35-19-13-29(14-20-35)45-50-40-6-2-4-8-42(40)53-45)36-21-15-31-23-30(9-10-32(31)24-36)33-16-22-37-38-26-47-27-48-46(38)54-43(37)25-33/h1-27H. The van der Waals surface area contributed by atoms with Crippen molar-refractivity contribution in [3.05, 3.63) is 164 Å². The van der Waals surface area contributed by atoms with Crippen molar-refractivity contribution in [3.8, 4) is 34.0 Å². The fraction of sp³-hybridized carbons (Fsp3) is 0. The Morgan fingerprint density at radius 3 is 1.70 bits per heavy atom. The molecule has 254 valence electrons. The molecule has 7 aromatic carbocycles. The summed E-state index contributed by atoms with van der Waals surface area (Å²) in [5, 5.41) is 4.59. The number of oxazole rings is 2. The lowest BCUT2D eigenvalue weighted by Gasteiger charge is -2.26. The molecule has 0 spiro atoms. The van der Waals surface area contributed by atoms with E-state index in [2.05, 4.69) is 118 Å². The highest BCUT2D eigenvalue weighted by Gasteiger charge is 2.17. The van der Waals surface area contributed by atoms with Crippen molar-refractivity contribution >= 4 is 81.7 Å². The first-order chi connectivity index (χ1) is 26.7. The van der Waals surface area contributed by atoms with Gasteiger partial charge in [0.1, 0.15) is 22.2 Å². The Labute approximate surface area is 312 Å². The molecule has 0 saturated heterocycles. The van der Waals surface area contributed by atoms with Crippen LogP contribution in [0.3, 0.4) is 0 Å². The molecule has 0 N–H and O–H groups in total. The number of benzene rings is 7. The van der Waals surface area contributed by atoms with E-state index in [1.807, 2.05) is 54.7 Å². The number of anilines is 3. The lowest BCUT2D eigenvalue weighted by Crippen LogP contribution is -2.09. The third kappa shape index (κ3) is 5.19. The average Bonchev–Trinajstić information content (AvgIpc) is 3.96. The summed E-state index contributed by atoms with van der Waals surface area (Å²) >= 11 is 1.70. The molecule has 0 saturated carbocycles. The van der Waals surface area contributed by atoms with Gasteiger partial charge in [-0.25, -0.2) is 19.9 Å². The van der Waals surface area contributed by atoms with Crippen LogP contribution in [0.2, 0.25) is 0 Å². The van der Waals surface area contributed by atoms with Gasteiger partial charge in [-0.2, -0.15) is 0 Å². The van der Waals surface area contributed by atoms with Crippen LogP contribution in [0.4, 0.5) is 17.1 Å². The maximum Gasteiger partial charge on any atom is 0.227 e. The van der Waals surface area contributed by atoms with Crippen molar-refractivity contribution < 1.29 is 8.83 Å². The first-order valence-electron chi connectivity index (χ1n) is 17.6. The third-order valence-electron chi connectivity index (χ3n) is 9.90. The van der Waals surface area contributed by atoms with Crippen LogP contribution in [0.25, 0.3) is 87.3 Å². The van der Waals surface area contributed by atoms with E-state index in [1.54, 1.807) is 17.7 Å². The summed E-state index contributed by atoms with van der Waals surface area (Å²) < 4.78 is 13.4. The Morgan fingerprint density at radius 1 is 0.481 bits per heavy atom. The minimum Gasteiger partial charge on any atom is -0.436 e. The van der Waals surface area contributed by atoms with E-state index in [4.69, 9.17) is 18.8 Å². The summed E-state index contributed by atoms with van der Waals surface area (Å²) in [6.07, 6.45) is 3.51. The Morgan fingerprint density at radius 2 is 1.04 bits per heavy atom. The highest BCUT2D eigenvalue weighted by atomic mass is 32.1. The maximum absolute atomic E-state index is 6.08. The first-order valence-corrected chi connectivity index (χ1v) is 18.4. The molecule has 4 aromatic heterocycles. The van der Waals surface area contributed by atoms with E-state index in [0.29, 0.717) is 11.8 Å². The number of para-hydroxylation sites is 4. The molecule has 0 unspecified atom stereocenters. The zero-order valence-corrected chi connectivity index (χ0v) is 29.4. The van der Waals surface area contributed by atoms with Crippen LogP contribution in [0, 0.1) is 0 Å². The molecule has 0 fully saturated rings. The smallest absolute Gasteiger partial charge is 0.227 e. The Hall–Kier alpha value is -7.16. The molecule has 4 heterocycles. The zero-order chi connectivity index (χ0) is 35.6. The first kappa shape index (κ1) is 30.5. The van der Waals surface area contributed by atoms with Gasteiger partial charge in [0, 0.05) is 49.9 Å². The largest absolute Gasteiger partial charge is 0.436 e. The SMILES string of the molecule is c1ccc2oc(-c3ccc(N(c4ccc(-c5nc6ccccc6o5)cc4)c4ccc5cc(-c6ccc7c(c6)sc6ncncc67)ccc5c4)cc3)nc2c1. The van der Waals surface area contributed by atoms with Crippen LogP contribution < -0.4 is 4.90 Å². The van der Waals surface area contributed by atoms with E-state index >= 15 is 0 Å². The second kappa shape index (κ2) is 12.2. The summed E-state index contributed by atoms with van der Waals surface area (Å²) in [4.78, 5) is 21.4. The molecule has 0 aliphatic heterocycles. The summed E-state index contributed by atoms with van der Waals surface area (Å²) in [6.45, 7) is 0. The third-order valence-corrected chi connectivity index (χ3v) is 11.0. The lowest BCUT2D eigenvalue weighted by atomic mass is 9.99. The van der Waals surface area contributed by atoms with E-state index in [1.165, 1.54) is 21.2 Å². The molecular weight excluding hydrogens is 687 g/mol. The van der Waals surface area contributed by atoms with E-state index in [9.17, 15) is 0 Å². The number of aromatic nitrogens is 4. The number of hydrogen-bond acceptors (Lipinski definition) is 8. The number of fused-ring (bicyclic) bond motifs is 6. The topological polar surface area (TPSA) is 81.1 Å². The maximum atomic E-state index is 6.08. The van der Waals surface area contributed by atoms with Crippen LogP contribution in [-0.2, 0) is 0 Å². The predicted octanol–water partition coefficient (Wildman–Crippen LogP) is 12.8. The van der Waals surface area contributed by atoms with Gasteiger partial charge < -0.3 is 13.7 Å². The van der Waals surface area contributed by atoms with E-state index in [0.717, 1.165) is 71.4 Å². The van der Waals surface area contributed by atoms with Gasteiger partial charge >= 0.3 is 0 Å². The van der Waals surface area contributed by atoms with Gasteiger partial charge in [0.15, 0.2) is 11.2 Å². The molecule has 0 amide bonds. The minimum absolute atomic E-state index is 0.596. The van der Waals surface area contributed by atoms with Crippen LogP contribution in [0.5, 0.6) is 0 Å². The molecular formula is C46H27N5O2S. The summed E-state index contributed by atoms with van der Waals surface area (Å²) in [6, 6.07) is 52.3. The highest BCUT2D eigenvalue weighted by Crippen LogP contribution is 2.40. The summed E-state index contributed by atoms with van der Waals surface area (Å²) in [5.41, 5.74) is 10.4. The van der Waals surface area contributed by atoms with Crippen molar-refractivity contribution in [1.82, 2.24) is 19.9 Å². The molecule has 0 bridgehead atoms. The van der Waals surface area contributed by atoms with Crippen molar-refractivity contribution in [2.24, 2.45) is 0 Å². The van der Waals surface area contributed by atoms with Gasteiger partial charge in [0.25, 0.3) is 0 Å². The average molecular weight is 714 g/mol. The van der Waals surface area contributed by atoms with Crippen LogP contribution in [-0.4, -0.2) is 19.9 Å². The zero-order valence-electron chi connectivity index (χ0n) is 28.5. The Bertz CT molecular complexity index is 3000. The van der Waals surface area contributed by atoms with E-state index < -0.39 is 0 Å². The monoisotopic (exact) mass is 713 g/mol. The van der Waals surface area contributed by atoms with Crippen LogP contribution in [0.1, 0.15) is 0 Å². The number of nitrogens with zero attached hydrogens (tertiary/aromatic N) is 5. The fourth-order valence-electron chi connectivity index (χ4n) is 7.19. The van der Waals surface area contributed by atoms with Gasteiger partial charge in [0.2, 0.25) is 11.8 Å². The summed E-state index contributed by atoms with van der Waals surface area (Å²) in [7, 11) is 0. The van der Waals surface area contributed by atoms with Gasteiger partial charge in [-0.15, -0.1) is 11.3 Å². The van der Waals surface area contributed by atoms with Gasteiger partial charge in [-0.3, -0.25) is 0 Å². The highest BCUT2D eigenvalue weighted by molar-refractivity contribution is 7.25. The van der Waals surface area contributed by atoms with Gasteiger partial charge in [0.05, 0.1) is 0 Å². The molecule has 0 radical (unpaired) electrons. The van der Waals surface area contributed by atoms with Crippen molar-refractivity contribution in [2.45, 2.75) is 0 Å². The molecule has 54 heavy (non-hydrogen) atoms. The molecule has 7 nitrogen and oxygen atoms in total. The van der Waals surface area contributed by atoms with Crippen molar-refractivity contribution in [2.75, 3.05) is 4.90 Å². The van der Waals surface area contributed by atoms with Crippen LogP contribution in [0.15, 0.2) is 173 Å². The predicted molar refractivity (Wildman–Crippen MR) is 219 cm³/mol. The van der Waals surface area contributed by atoms with Gasteiger partial charge in [-0.05, 0) is 119 Å². The number of hydrogen-bond donors (Lipinski definition) is 0. The quantitative estimate of drug-likeness (QED) is 0.170. The molecule has 8 heteroatoms. The second-order valence-corrected chi connectivity index (χ2v) is 14.2. The normalized spacial score (nSPS) is 11.7. The van der Waals surface area contributed by atoms with Gasteiger partial charge in [-0.1, -0.05) is 54.6 Å². The number of thiophene rings is 1.